The number of aryl methyl sites for hydroxylation is 2. The Hall–Kier alpha value is -1.06. The van der Waals surface area contributed by atoms with Crippen molar-refractivity contribution in [1.82, 2.24) is 0 Å². The molecule has 1 aromatic rings. The zero-order valence-corrected chi connectivity index (χ0v) is 13.0. The summed E-state index contributed by atoms with van der Waals surface area (Å²) < 4.78 is 5.48. The molecular weight excluding hydrogens is 262 g/mol. The lowest BCUT2D eigenvalue weighted by atomic mass is 10.0. The van der Waals surface area contributed by atoms with Gasteiger partial charge in [0.05, 0.1) is 5.69 Å². The fraction of sp³-hybridized carbons (Fsp3) is 0.533. The second kappa shape index (κ2) is 6.40. The zero-order valence-electron chi connectivity index (χ0n) is 12.3. The van der Waals surface area contributed by atoms with Gasteiger partial charge in [-0.3, -0.25) is 9.69 Å². The van der Waals surface area contributed by atoms with Crippen LogP contribution in [0.5, 0.6) is 0 Å². The standard InChI is InChI=1S/C15H22ClNO2/c1-6-12-9-7-8-11(2)14(12)17(13(18)10-16)15(3,4)19-5/h7-9H,6,10H2,1-5H3. The van der Waals surface area contributed by atoms with Crippen LogP contribution in [0.25, 0.3) is 0 Å². The maximum Gasteiger partial charge on any atom is 0.244 e. The highest BCUT2D eigenvalue weighted by molar-refractivity contribution is 6.29. The molecule has 0 saturated carbocycles. The quantitative estimate of drug-likeness (QED) is 0.611. The van der Waals surface area contributed by atoms with Gasteiger partial charge in [0.15, 0.2) is 0 Å². The summed E-state index contributed by atoms with van der Waals surface area (Å²) in [4.78, 5) is 13.9. The van der Waals surface area contributed by atoms with Crippen LogP contribution in [0, 0.1) is 6.92 Å². The molecule has 4 heteroatoms. The van der Waals surface area contributed by atoms with E-state index in [1.165, 1.54) is 0 Å². The van der Waals surface area contributed by atoms with Gasteiger partial charge >= 0.3 is 0 Å². The fourth-order valence-corrected chi connectivity index (χ4v) is 2.29. The van der Waals surface area contributed by atoms with Crippen LogP contribution in [-0.4, -0.2) is 24.6 Å². The number of hydrogen-bond donors (Lipinski definition) is 0. The summed E-state index contributed by atoms with van der Waals surface area (Å²) in [5, 5.41) is 0. The van der Waals surface area contributed by atoms with Gasteiger partial charge < -0.3 is 4.74 Å². The Balaban J connectivity index is 3.46. The van der Waals surface area contributed by atoms with Crippen molar-refractivity contribution in [2.75, 3.05) is 17.9 Å². The highest BCUT2D eigenvalue weighted by atomic mass is 35.5. The molecule has 0 spiro atoms. The monoisotopic (exact) mass is 283 g/mol. The molecule has 0 aliphatic heterocycles. The molecule has 0 saturated heterocycles. The normalized spacial score (nSPS) is 11.5. The van der Waals surface area contributed by atoms with Crippen LogP contribution >= 0.6 is 11.6 Å². The summed E-state index contributed by atoms with van der Waals surface area (Å²) >= 11 is 5.76. The van der Waals surface area contributed by atoms with Gasteiger partial charge in [0.25, 0.3) is 0 Å². The molecule has 0 bridgehead atoms. The second-order valence-electron chi connectivity index (χ2n) is 4.95. The van der Waals surface area contributed by atoms with E-state index in [9.17, 15) is 4.79 Å². The molecule has 1 rings (SSSR count). The number of ether oxygens (including phenoxy) is 1. The van der Waals surface area contributed by atoms with Crippen LogP contribution in [-0.2, 0) is 16.0 Å². The SMILES string of the molecule is CCc1cccc(C)c1N(C(=O)CCl)C(C)(C)OC. The first kappa shape index (κ1) is 16.0. The van der Waals surface area contributed by atoms with Crippen molar-refractivity contribution >= 4 is 23.2 Å². The molecule has 1 aromatic carbocycles. The van der Waals surface area contributed by atoms with E-state index in [4.69, 9.17) is 16.3 Å². The Kier molecular flexibility index (Phi) is 5.39. The minimum Gasteiger partial charge on any atom is -0.359 e. The number of carbonyl (C=O) groups is 1. The lowest BCUT2D eigenvalue weighted by molar-refractivity contribution is -0.121. The molecule has 0 fully saturated rings. The third-order valence-corrected chi connectivity index (χ3v) is 3.56. The van der Waals surface area contributed by atoms with Gasteiger partial charge in [-0.1, -0.05) is 25.1 Å². The summed E-state index contributed by atoms with van der Waals surface area (Å²) in [6.45, 7) is 7.79. The molecule has 19 heavy (non-hydrogen) atoms. The van der Waals surface area contributed by atoms with Crippen molar-refractivity contribution in [3.05, 3.63) is 29.3 Å². The molecule has 0 aliphatic rings. The summed E-state index contributed by atoms with van der Waals surface area (Å²) in [5.74, 6) is -0.220. The predicted octanol–water partition coefficient (Wildman–Crippen LogP) is 3.51. The number of hydrogen-bond acceptors (Lipinski definition) is 2. The number of methoxy groups -OCH3 is 1. The van der Waals surface area contributed by atoms with Crippen LogP contribution in [0.3, 0.4) is 0 Å². The van der Waals surface area contributed by atoms with E-state index in [2.05, 4.69) is 6.92 Å². The molecule has 0 aliphatic carbocycles. The summed E-state index contributed by atoms with van der Waals surface area (Å²) in [6.07, 6.45) is 0.850. The molecule has 0 unspecified atom stereocenters. The number of rotatable bonds is 5. The van der Waals surface area contributed by atoms with Crippen molar-refractivity contribution < 1.29 is 9.53 Å². The zero-order chi connectivity index (χ0) is 14.6. The molecule has 106 valence electrons. The molecule has 0 heterocycles. The Morgan fingerprint density at radius 2 is 2.05 bits per heavy atom. The van der Waals surface area contributed by atoms with Crippen molar-refractivity contribution in [2.24, 2.45) is 0 Å². The number of para-hydroxylation sites is 1. The van der Waals surface area contributed by atoms with Crippen molar-refractivity contribution in [3.63, 3.8) is 0 Å². The van der Waals surface area contributed by atoms with Crippen molar-refractivity contribution in [1.29, 1.82) is 0 Å². The lowest BCUT2D eigenvalue weighted by Crippen LogP contribution is -2.50. The summed E-state index contributed by atoms with van der Waals surface area (Å²) in [5.41, 5.74) is 2.33. The second-order valence-corrected chi connectivity index (χ2v) is 5.22. The molecule has 0 radical (unpaired) electrons. The van der Waals surface area contributed by atoms with Gasteiger partial charge in [-0.05, 0) is 38.3 Å². The summed E-state index contributed by atoms with van der Waals surface area (Å²) in [6, 6.07) is 6.03. The molecular formula is C15H22ClNO2. The average Bonchev–Trinajstić information content (AvgIpc) is 2.40. The van der Waals surface area contributed by atoms with Crippen LogP contribution in [0.4, 0.5) is 5.69 Å². The molecule has 0 atom stereocenters. The maximum absolute atomic E-state index is 12.3. The number of halogens is 1. The Morgan fingerprint density at radius 3 is 2.53 bits per heavy atom. The minimum atomic E-state index is -0.734. The van der Waals surface area contributed by atoms with E-state index in [0.717, 1.165) is 23.2 Å². The van der Waals surface area contributed by atoms with Crippen molar-refractivity contribution in [2.45, 2.75) is 39.8 Å². The van der Waals surface area contributed by atoms with E-state index in [0.29, 0.717) is 0 Å². The van der Waals surface area contributed by atoms with Gasteiger partial charge in [-0.2, -0.15) is 0 Å². The maximum atomic E-state index is 12.3. The molecule has 0 aromatic heterocycles. The predicted molar refractivity (Wildman–Crippen MR) is 79.9 cm³/mol. The van der Waals surface area contributed by atoms with Gasteiger partial charge in [0.1, 0.15) is 11.6 Å². The number of benzene rings is 1. The van der Waals surface area contributed by atoms with Crippen LogP contribution in [0.2, 0.25) is 0 Å². The van der Waals surface area contributed by atoms with Crippen LogP contribution < -0.4 is 4.90 Å². The highest BCUT2D eigenvalue weighted by Gasteiger charge is 2.33. The number of nitrogens with zero attached hydrogens (tertiary/aromatic N) is 1. The summed E-state index contributed by atoms with van der Waals surface area (Å²) in [7, 11) is 1.60. The average molecular weight is 284 g/mol. The first-order valence-electron chi connectivity index (χ1n) is 6.41. The van der Waals surface area contributed by atoms with E-state index in [-0.39, 0.29) is 11.8 Å². The van der Waals surface area contributed by atoms with Gasteiger partial charge in [0.2, 0.25) is 5.91 Å². The van der Waals surface area contributed by atoms with Gasteiger partial charge in [-0.25, -0.2) is 0 Å². The number of anilines is 1. The lowest BCUT2D eigenvalue weighted by Gasteiger charge is -2.39. The van der Waals surface area contributed by atoms with Gasteiger partial charge in [0, 0.05) is 7.11 Å². The molecule has 3 nitrogen and oxygen atoms in total. The number of amides is 1. The van der Waals surface area contributed by atoms with Crippen LogP contribution in [0.15, 0.2) is 18.2 Å². The Labute approximate surface area is 120 Å². The largest absolute Gasteiger partial charge is 0.359 e. The smallest absolute Gasteiger partial charge is 0.244 e. The molecule has 1 amide bonds. The van der Waals surface area contributed by atoms with Gasteiger partial charge in [-0.15, -0.1) is 11.6 Å². The first-order valence-corrected chi connectivity index (χ1v) is 6.95. The highest BCUT2D eigenvalue weighted by Crippen LogP contribution is 2.32. The van der Waals surface area contributed by atoms with Crippen LogP contribution in [0.1, 0.15) is 31.9 Å². The topological polar surface area (TPSA) is 29.5 Å². The third-order valence-electron chi connectivity index (χ3n) is 3.33. The third kappa shape index (κ3) is 3.28. The fourth-order valence-electron chi connectivity index (χ4n) is 2.17. The van der Waals surface area contributed by atoms with E-state index in [1.807, 2.05) is 39.0 Å². The molecule has 0 N–H and O–H groups in total. The van der Waals surface area contributed by atoms with E-state index in [1.54, 1.807) is 12.0 Å². The van der Waals surface area contributed by atoms with E-state index < -0.39 is 5.72 Å². The van der Waals surface area contributed by atoms with E-state index >= 15 is 0 Å². The Bertz CT molecular complexity index is 457. The van der Waals surface area contributed by atoms with Crippen molar-refractivity contribution in [3.8, 4) is 0 Å². The minimum absolute atomic E-state index is 0.0652. The first-order chi connectivity index (χ1) is 8.88. The number of carbonyl (C=O) groups excluding carboxylic acids is 1. The Morgan fingerprint density at radius 1 is 1.42 bits per heavy atom. The number of alkyl halides is 1.